The topological polar surface area (TPSA) is 50.2 Å². The van der Waals surface area contributed by atoms with E-state index in [-0.39, 0.29) is 49.8 Å². The quantitative estimate of drug-likeness (QED) is 0.731. The van der Waals surface area contributed by atoms with Crippen molar-refractivity contribution in [2.75, 3.05) is 13.6 Å². The highest BCUT2D eigenvalue weighted by Crippen LogP contribution is 2.35. The number of nitrogens with zero attached hydrogens (tertiary/aromatic N) is 3. The zero-order valence-electron chi connectivity index (χ0n) is 15.4. The van der Waals surface area contributed by atoms with Crippen LogP contribution < -0.4 is 5.32 Å². The molecule has 158 valence electrons. The molecule has 1 atom stereocenters. The van der Waals surface area contributed by atoms with E-state index in [1.54, 1.807) is 7.05 Å². The molecule has 0 bridgehead atoms. The van der Waals surface area contributed by atoms with E-state index < -0.39 is 34.7 Å². The zero-order valence-corrected chi connectivity index (χ0v) is 16.1. The molecule has 1 aromatic carbocycles. The van der Waals surface area contributed by atoms with Crippen molar-refractivity contribution in [3.05, 3.63) is 52.1 Å². The predicted molar refractivity (Wildman–Crippen MR) is 95.2 cm³/mol. The monoisotopic (exact) mass is 436 g/mol. The highest BCUT2D eigenvalue weighted by molar-refractivity contribution is 6.30. The molecule has 0 spiro atoms. The number of nitrogens with one attached hydrogen (secondary N) is 1. The van der Waals surface area contributed by atoms with E-state index in [4.69, 9.17) is 11.6 Å². The SMILES string of the molecule is CN[C@@H](CC(=O)N1CCn2c(nc(C(F)(F)F)c2Cl)C1)Cc1cc(F)ccc1F. The molecule has 5 nitrogen and oxygen atoms in total. The molecule has 0 saturated heterocycles. The molecule has 11 heteroatoms. The van der Waals surface area contributed by atoms with Crippen LogP contribution in [0.5, 0.6) is 0 Å². The Hall–Kier alpha value is -2.20. The second kappa shape index (κ2) is 8.27. The van der Waals surface area contributed by atoms with Gasteiger partial charge < -0.3 is 14.8 Å². The summed E-state index contributed by atoms with van der Waals surface area (Å²) in [5.41, 5.74) is -1.04. The Bertz CT molecular complexity index is 914. The van der Waals surface area contributed by atoms with Gasteiger partial charge in [-0.3, -0.25) is 4.79 Å². The Labute approximate surface area is 168 Å². The number of halogens is 6. The molecule has 3 rings (SSSR count). The van der Waals surface area contributed by atoms with Gasteiger partial charge in [0.25, 0.3) is 0 Å². The van der Waals surface area contributed by atoms with Gasteiger partial charge in [-0.15, -0.1) is 0 Å². The van der Waals surface area contributed by atoms with Gasteiger partial charge in [-0.2, -0.15) is 13.2 Å². The van der Waals surface area contributed by atoms with Gasteiger partial charge in [-0.25, -0.2) is 13.8 Å². The Kier molecular flexibility index (Phi) is 6.13. The molecule has 29 heavy (non-hydrogen) atoms. The highest BCUT2D eigenvalue weighted by atomic mass is 35.5. The summed E-state index contributed by atoms with van der Waals surface area (Å²) in [6.45, 7) is 0.148. The largest absolute Gasteiger partial charge is 0.436 e. The first-order valence-electron chi connectivity index (χ1n) is 8.81. The van der Waals surface area contributed by atoms with Crippen LogP contribution in [0.15, 0.2) is 18.2 Å². The third-order valence-electron chi connectivity index (χ3n) is 4.84. The van der Waals surface area contributed by atoms with Crippen molar-refractivity contribution in [1.29, 1.82) is 0 Å². The van der Waals surface area contributed by atoms with Crippen molar-refractivity contribution in [1.82, 2.24) is 19.8 Å². The average molecular weight is 437 g/mol. The fraction of sp³-hybridized carbons (Fsp3) is 0.444. The second-order valence-electron chi connectivity index (χ2n) is 6.76. The van der Waals surface area contributed by atoms with Crippen LogP contribution in [0.25, 0.3) is 0 Å². The van der Waals surface area contributed by atoms with Crippen molar-refractivity contribution >= 4 is 17.5 Å². The van der Waals surface area contributed by atoms with E-state index in [2.05, 4.69) is 10.3 Å². The van der Waals surface area contributed by atoms with Gasteiger partial charge >= 0.3 is 6.18 Å². The molecule has 1 aromatic heterocycles. The fourth-order valence-electron chi connectivity index (χ4n) is 3.27. The van der Waals surface area contributed by atoms with Crippen molar-refractivity contribution in [3.8, 4) is 0 Å². The highest BCUT2D eigenvalue weighted by Gasteiger charge is 2.40. The second-order valence-corrected chi connectivity index (χ2v) is 7.12. The number of rotatable bonds is 5. The lowest BCUT2D eigenvalue weighted by molar-refractivity contribution is -0.140. The molecule has 1 N–H and O–H groups in total. The number of carbonyl (C=O) groups excluding carboxylic acids is 1. The summed E-state index contributed by atoms with van der Waals surface area (Å²) in [7, 11) is 1.59. The van der Waals surface area contributed by atoms with Crippen LogP contribution >= 0.6 is 11.6 Å². The van der Waals surface area contributed by atoms with Crippen LogP contribution in [0.3, 0.4) is 0 Å². The maximum absolute atomic E-state index is 13.9. The van der Waals surface area contributed by atoms with E-state index in [0.29, 0.717) is 0 Å². The smallest absolute Gasteiger partial charge is 0.333 e. The predicted octanol–water partition coefficient (Wildman–Crippen LogP) is 3.40. The molecule has 0 fully saturated rings. The molecule has 0 radical (unpaired) electrons. The minimum atomic E-state index is -4.68. The van der Waals surface area contributed by atoms with E-state index in [9.17, 15) is 26.7 Å². The first kappa shape index (κ1) is 21.5. The van der Waals surface area contributed by atoms with Gasteiger partial charge in [0.05, 0.1) is 6.54 Å². The van der Waals surface area contributed by atoms with Crippen molar-refractivity contribution in [2.45, 2.75) is 38.1 Å². The summed E-state index contributed by atoms with van der Waals surface area (Å²) in [5.74, 6) is -1.43. The van der Waals surface area contributed by atoms with Gasteiger partial charge in [-0.1, -0.05) is 11.6 Å². The van der Waals surface area contributed by atoms with Gasteiger partial charge in [0.2, 0.25) is 5.91 Å². The fourth-order valence-corrected chi connectivity index (χ4v) is 3.60. The number of fused-ring (bicyclic) bond motifs is 1. The minimum absolute atomic E-state index is 0.0347. The number of hydrogen-bond acceptors (Lipinski definition) is 3. The summed E-state index contributed by atoms with van der Waals surface area (Å²) in [6, 6.07) is 2.62. The number of likely N-dealkylation sites (N-methyl/N-ethyl adjacent to an activating group) is 1. The van der Waals surface area contributed by atoms with E-state index in [1.165, 1.54) is 9.47 Å². The lowest BCUT2D eigenvalue weighted by Crippen LogP contribution is -2.42. The Morgan fingerprint density at radius 1 is 1.31 bits per heavy atom. The molecule has 0 unspecified atom stereocenters. The minimum Gasteiger partial charge on any atom is -0.333 e. The molecule has 1 amide bonds. The molecule has 1 aliphatic rings. The molecule has 2 heterocycles. The van der Waals surface area contributed by atoms with Gasteiger partial charge in [0.15, 0.2) is 5.69 Å². The van der Waals surface area contributed by atoms with E-state index in [0.717, 1.165) is 18.2 Å². The van der Waals surface area contributed by atoms with E-state index in [1.807, 2.05) is 0 Å². The Morgan fingerprint density at radius 2 is 2.03 bits per heavy atom. The van der Waals surface area contributed by atoms with Crippen molar-refractivity contribution in [2.24, 2.45) is 0 Å². The standard InChI is InChI=1S/C18H18ClF5N4O/c1-25-12(7-10-6-11(20)2-3-13(10)21)8-15(29)27-4-5-28-14(9-27)26-16(17(28)19)18(22,23)24/h2-3,6,12,25H,4-5,7-9H2,1H3/t12-/m1/s1. The molecule has 0 aliphatic carbocycles. The van der Waals surface area contributed by atoms with Crippen LogP contribution in [-0.2, 0) is 30.5 Å². The van der Waals surface area contributed by atoms with Crippen LogP contribution in [0.2, 0.25) is 5.15 Å². The molecule has 2 aromatic rings. The maximum atomic E-state index is 13.9. The number of alkyl halides is 3. The first-order valence-corrected chi connectivity index (χ1v) is 9.19. The van der Waals surface area contributed by atoms with Gasteiger partial charge in [0.1, 0.15) is 22.6 Å². The molecule has 0 saturated carbocycles. The summed E-state index contributed by atoms with van der Waals surface area (Å²) < 4.78 is 67.4. The maximum Gasteiger partial charge on any atom is 0.436 e. The first-order chi connectivity index (χ1) is 13.6. The Balaban J connectivity index is 1.69. The summed E-state index contributed by atoms with van der Waals surface area (Å²) in [4.78, 5) is 17.6. The molecule has 1 aliphatic heterocycles. The summed E-state index contributed by atoms with van der Waals surface area (Å²) >= 11 is 5.78. The average Bonchev–Trinajstić information content (AvgIpc) is 3.00. The van der Waals surface area contributed by atoms with Gasteiger partial charge in [-0.05, 0) is 37.2 Å². The number of imidazole rings is 1. The number of amides is 1. The van der Waals surface area contributed by atoms with Crippen LogP contribution in [0.4, 0.5) is 22.0 Å². The lowest BCUT2D eigenvalue weighted by Gasteiger charge is -2.29. The third-order valence-corrected chi connectivity index (χ3v) is 5.22. The zero-order chi connectivity index (χ0) is 21.3. The third kappa shape index (κ3) is 4.69. The Morgan fingerprint density at radius 3 is 2.69 bits per heavy atom. The van der Waals surface area contributed by atoms with Crippen LogP contribution in [0.1, 0.15) is 23.5 Å². The van der Waals surface area contributed by atoms with Crippen molar-refractivity contribution < 1.29 is 26.7 Å². The van der Waals surface area contributed by atoms with E-state index >= 15 is 0 Å². The normalized spacial score (nSPS) is 15.3. The van der Waals surface area contributed by atoms with Crippen LogP contribution in [0, 0.1) is 11.6 Å². The number of aromatic nitrogens is 2. The van der Waals surface area contributed by atoms with Crippen LogP contribution in [-0.4, -0.2) is 40.0 Å². The summed E-state index contributed by atoms with van der Waals surface area (Å²) in [6.07, 6.45) is -4.63. The van der Waals surface area contributed by atoms with Gasteiger partial charge in [0, 0.05) is 25.6 Å². The number of hydrogen-bond donors (Lipinski definition) is 1. The molecular formula is C18H18ClF5N4O. The lowest BCUT2D eigenvalue weighted by atomic mass is 10.0. The van der Waals surface area contributed by atoms with Crippen molar-refractivity contribution in [3.63, 3.8) is 0 Å². The number of benzene rings is 1. The summed E-state index contributed by atoms with van der Waals surface area (Å²) in [5, 5.41) is 2.40. The number of carbonyl (C=O) groups is 1. The molecular weight excluding hydrogens is 419 g/mol.